The number of aliphatic hydroxyl groups is 1. The summed E-state index contributed by atoms with van der Waals surface area (Å²) in [6.45, 7) is 1.75. The molecule has 0 radical (unpaired) electrons. The van der Waals surface area contributed by atoms with Gasteiger partial charge in [0.1, 0.15) is 11.4 Å². The molecule has 2 fully saturated rings. The fraction of sp³-hybridized carbons (Fsp3) is 0.565. The highest BCUT2D eigenvalue weighted by molar-refractivity contribution is 7.99. The van der Waals surface area contributed by atoms with Crippen molar-refractivity contribution in [1.82, 2.24) is 0 Å². The van der Waals surface area contributed by atoms with Gasteiger partial charge >= 0.3 is 24.2 Å². The summed E-state index contributed by atoms with van der Waals surface area (Å²) in [5.74, 6) is -5.51. The number of ether oxygens (including phenoxy) is 6. The van der Waals surface area contributed by atoms with Gasteiger partial charge in [-0.2, -0.15) is 0 Å². The van der Waals surface area contributed by atoms with E-state index in [0.29, 0.717) is 4.90 Å². The van der Waals surface area contributed by atoms with Gasteiger partial charge in [0.25, 0.3) is 0 Å². The summed E-state index contributed by atoms with van der Waals surface area (Å²) in [5.41, 5.74) is 4.69. The maximum atomic E-state index is 13.2. The average Bonchev–Trinajstić information content (AvgIpc) is 3.57. The number of hydrogen-bond donors (Lipinski definition) is 2. The van der Waals surface area contributed by atoms with Crippen LogP contribution in [0.25, 0.3) is 0 Å². The lowest BCUT2D eigenvalue weighted by Crippen LogP contribution is -2.59. The molecule has 0 saturated heterocycles. The molecule has 2 saturated carbocycles. The van der Waals surface area contributed by atoms with Crippen LogP contribution >= 0.6 is 24.2 Å². The van der Waals surface area contributed by atoms with Crippen LogP contribution in [0.2, 0.25) is 0 Å². The van der Waals surface area contributed by atoms with Crippen molar-refractivity contribution in [3.05, 3.63) is 30.1 Å². The topological polar surface area (TPSA) is 170 Å². The lowest BCUT2D eigenvalue weighted by molar-refractivity contribution is -0.165. The Labute approximate surface area is 228 Å². The first-order valence-electron chi connectivity index (χ1n) is 11.4. The third kappa shape index (κ3) is 6.98. The lowest BCUT2D eigenvalue weighted by Gasteiger charge is -2.34. The van der Waals surface area contributed by atoms with Crippen LogP contribution in [0.3, 0.4) is 0 Å². The molecule has 0 aromatic heterocycles. The molecule has 0 unspecified atom stereocenters. The minimum absolute atomic E-state index is 0. The molecule has 2 aliphatic carbocycles. The summed E-state index contributed by atoms with van der Waals surface area (Å²) >= 11 is 1.23. The summed E-state index contributed by atoms with van der Waals surface area (Å²) in [5, 5.41) is 11.0. The van der Waals surface area contributed by atoms with E-state index in [9.17, 15) is 28.7 Å². The summed E-state index contributed by atoms with van der Waals surface area (Å²) in [4.78, 5) is 49.0. The largest absolute Gasteiger partial charge is 0.511 e. The molecule has 0 bridgehead atoms. The number of fused-ring (bicyclic) bond motifs is 1. The normalized spacial score (nSPS) is 26.7. The lowest BCUT2D eigenvalue weighted by atomic mass is 9.81. The van der Waals surface area contributed by atoms with Gasteiger partial charge in [0.15, 0.2) is 0 Å². The van der Waals surface area contributed by atoms with E-state index in [2.05, 4.69) is 18.9 Å². The Balaban J connectivity index is 0.00000507. The van der Waals surface area contributed by atoms with Crippen LogP contribution < -0.4 is 5.73 Å². The number of hydrogen-bond acceptors (Lipinski definition) is 13. The number of carbonyl (C=O) groups is 4. The van der Waals surface area contributed by atoms with Crippen LogP contribution in [0, 0.1) is 29.5 Å². The van der Waals surface area contributed by atoms with Gasteiger partial charge in [-0.25, -0.2) is 18.8 Å². The molecule has 6 atom stereocenters. The molecule has 0 spiro atoms. The van der Waals surface area contributed by atoms with E-state index in [1.165, 1.54) is 36.0 Å². The van der Waals surface area contributed by atoms with Gasteiger partial charge in [-0.1, -0.05) is 0 Å². The number of nitrogens with two attached hydrogens (primary N) is 1. The Hall–Kier alpha value is -2.81. The standard InChI is InChI=1S/C23H28FNO11S.ClH/c1-3-31-21(29)35-10-33-19(27)16-15-17(16)23(25,20(28)34-11-36-22(30)32-4-2)14(18(15)26)9-37-13-7-5-12(24)6-8-13;/h5-8,14-18,26H,3-4,9-11,25H2,1-2H3;1H/t14-,15+,16+,17+,18-,23+;/m1./s1. The van der Waals surface area contributed by atoms with E-state index in [4.69, 9.17) is 15.2 Å². The van der Waals surface area contributed by atoms with Crippen molar-refractivity contribution in [2.45, 2.75) is 30.4 Å². The number of thioether (sulfide) groups is 1. The molecule has 38 heavy (non-hydrogen) atoms. The predicted octanol–water partition coefficient (Wildman–Crippen LogP) is 2.24. The van der Waals surface area contributed by atoms with Crippen LogP contribution in [0.5, 0.6) is 0 Å². The highest BCUT2D eigenvalue weighted by Gasteiger charge is 2.78. The monoisotopic (exact) mass is 581 g/mol. The smallest absolute Gasteiger partial charge is 0.435 e. The van der Waals surface area contributed by atoms with Crippen LogP contribution in [-0.2, 0) is 38.0 Å². The number of halogens is 2. The number of esters is 2. The Morgan fingerprint density at radius 2 is 1.50 bits per heavy atom. The van der Waals surface area contributed by atoms with E-state index >= 15 is 0 Å². The van der Waals surface area contributed by atoms with E-state index in [1.807, 2.05) is 0 Å². The molecule has 3 rings (SSSR count). The van der Waals surface area contributed by atoms with Crippen molar-refractivity contribution in [2.75, 3.05) is 32.6 Å². The molecule has 2 aliphatic rings. The number of aliphatic hydroxyl groups excluding tert-OH is 1. The maximum Gasteiger partial charge on any atom is 0.511 e. The van der Waals surface area contributed by atoms with Crippen molar-refractivity contribution < 1.29 is 57.1 Å². The highest BCUT2D eigenvalue weighted by atomic mass is 35.5. The van der Waals surface area contributed by atoms with Gasteiger partial charge in [0, 0.05) is 28.4 Å². The molecule has 3 N–H and O–H groups in total. The molecule has 1 aromatic carbocycles. The molecule has 12 nitrogen and oxygen atoms in total. The van der Waals surface area contributed by atoms with E-state index in [1.54, 1.807) is 13.8 Å². The first-order valence-corrected chi connectivity index (χ1v) is 12.4. The SMILES string of the molecule is CCOC(=O)OCOC(=O)[C@H]1[C@@H]2[C@H](O)[C@@H](CSc3ccc(F)cc3)[C@@](N)(C(=O)OCOC(=O)OCC)[C@H]12.Cl. The fourth-order valence-corrected chi connectivity index (χ4v) is 5.70. The molecule has 0 amide bonds. The first kappa shape index (κ1) is 31.4. The van der Waals surface area contributed by atoms with Gasteiger partial charge in [-0.3, -0.25) is 4.79 Å². The average molecular weight is 582 g/mol. The molecule has 0 heterocycles. The fourth-order valence-electron chi connectivity index (χ4n) is 4.52. The first-order chi connectivity index (χ1) is 17.6. The highest BCUT2D eigenvalue weighted by Crippen LogP contribution is 2.64. The molecule has 15 heteroatoms. The van der Waals surface area contributed by atoms with Gasteiger partial charge in [0.2, 0.25) is 13.6 Å². The van der Waals surface area contributed by atoms with Gasteiger partial charge in [0.05, 0.1) is 25.2 Å². The van der Waals surface area contributed by atoms with Crippen LogP contribution in [0.15, 0.2) is 29.2 Å². The Bertz CT molecular complexity index is 1000. The van der Waals surface area contributed by atoms with Gasteiger partial charge in [-0.05, 0) is 38.1 Å². The zero-order valence-corrected chi connectivity index (χ0v) is 22.2. The quantitative estimate of drug-likeness (QED) is 0.169. The summed E-state index contributed by atoms with van der Waals surface area (Å²) in [7, 11) is 0. The third-order valence-electron chi connectivity index (χ3n) is 6.19. The van der Waals surface area contributed by atoms with Crippen molar-refractivity contribution in [3.63, 3.8) is 0 Å². The minimum atomic E-state index is -1.85. The Kier molecular flexibility index (Phi) is 11.4. The van der Waals surface area contributed by atoms with E-state index < -0.39 is 79.0 Å². The second-order valence-electron chi connectivity index (χ2n) is 8.21. The van der Waals surface area contributed by atoms with Crippen molar-refractivity contribution in [2.24, 2.45) is 29.4 Å². The van der Waals surface area contributed by atoms with Crippen LogP contribution in [0.4, 0.5) is 14.0 Å². The second kappa shape index (κ2) is 13.8. The van der Waals surface area contributed by atoms with Crippen molar-refractivity contribution in [1.29, 1.82) is 0 Å². The zero-order chi connectivity index (χ0) is 27.2. The molecule has 212 valence electrons. The number of rotatable bonds is 11. The molecular weight excluding hydrogens is 553 g/mol. The van der Waals surface area contributed by atoms with Crippen molar-refractivity contribution >= 4 is 48.4 Å². The van der Waals surface area contributed by atoms with Gasteiger partial charge < -0.3 is 39.3 Å². The van der Waals surface area contributed by atoms with Crippen LogP contribution in [-0.4, -0.2) is 73.6 Å². The Morgan fingerprint density at radius 1 is 0.947 bits per heavy atom. The second-order valence-corrected chi connectivity index (χ2v) is 9.30. The summed E-state index contributed by atoms with van der Waals surface area (Å²) in [6.07, 6.45) is -3.27. The summed E-state index contributed by atoms with van der Waals surface area (Å²) in [6, 6.07) is 5.61. The molecule has 0 aliphatic heterocycles. The molecule has 1 aromatic rings. The third-order valence-corrected chi connectivity index (χ3v) is 7.32. The van der Waals surface area contributed by atoms with Gasteiger partial charge in [-0.15, -0.1) is 24.2 Å². The van der Waals surface area contributed by atoms with Crippen molar-refractivity contribution in [3.8, 4) is 0 Å². The minimum Gasteiger partial charge on any atom is -0.435 e. The number of benzene rings is 1. The van der Waals surface area contributed by atoms with E-state index in [-0.39, 0.29) is 31.4 Å². The Morgan fingerprint density at radius 3 is 2.05 bits per heavy atom. The zero-order valence-electron chi connectivity index (χ0n) is 20.5. The van der Waals surface area contributed by atoms with E-state index in [0.717, 1.165) is 0 Å². The van der Waals surface area contributed by atoms with Crippen LogP contribution in [0.1, 0.15) is 13.8 Å². The maximum absolute atomic E-state index is 13.2. The number of carbonyl (C=O) groups excluding carboxylic acids is 4. The predicted molar refractivity (Wildman–Crippen MR) is 129 cm³/mol. The molecular formula is C23H29ClFNO11S. The summed E-state index contributed by atoms with van der Waals surface area (Å²) < 4.78 is 41.7.